The lowest BCUT2D eigenvalue weighted by atomic mass is 9.75. The van der Waals surface area contributed by atoms with E-state index in [0.29, 0.717) is 10.7 Å². The van der Waals surface area contributed by atoms with Crippen LogP contribution in [0.1, 0.15) is 24.1 Å². The highest BCUT2D eigenvalue weighted by Crippen LogP contribution is 2.40. The van der Waals surface area contributed by atoms with Gasteiger partial charge in [-0.15, -0.1) is 23.7 Å². The number of nitrogens with two attached hydrogens (primary N) is 1. The van der Waals surface area contributed by atoms with Crippen LogP contribution in [0.3, 0.4) is 0 Å². The molecule has 0 amide bonds. The molecule has 1 aromatic rings. The summed E-state index contributed by atoms with van der Waals surface area (Å²) in [4.78, 5) is 7.94. The van der Waals surface area contributed by atoms with Gasteiger partial charge in [0.15, 0.2) is 5.13 Å². The Morgan fingerprint density at radius 1 is 1.53 bits per heavy atom. The lowest BCUT2D eigenvalue weighted by molar-refractivity contribution is -0.110. The van der Waals surface area contributed by atoms with Gasteiger partial charge in [-0.25, -0.2) is 4.98 Å². The maximum absolute atomic E-state index is 5.66. The Kier molecular flexibility index (Phi) is 3.92. The largest absolute Gasteiger partial charge is 0.378 e. The standard InChI is InChI=1S/C11H17N3OS.ClH/c12-10-13-6-9(16-10)7-14-4-5-15-8-11(14)2-1-3-11;/h6H,1-5,7-8H2,(H2,12,13);1H. The van der Waals surface area contributed by atoms with Gasteiger partial charge in [-0.2, -0.15) is 0 Å². The van der Waals surface area contributed by atoms with E-state index in [2.05, 4.69) is 9.88 Å². The minimum Gasteiger partial charge on any atom is -0.378 e. The van der Waals surface area contributed by atoms with Gasteiger partial charge in [0.1, 0.15) is 0 Å². The van der Waals surface area contributed by atoms with Crippen LogP contribution >= 0.6 is 23.7 Å². The third kappa shape index (κ3) is 2.42. The van der Waals surface area contributed by atoms with Crippen molar-refractivity contribution in [1.29, 1.82) is 0 Å². The molecule has 0 atom stereocenters. The normalized spacial score (nSPS) is 23.1. The van der Waals surface area contributed by atoms with Crippen LogP contribution in [0.25, 0.3) is 0 Å². The topological polar surface area (TPSA) is 51.4 Å². The Balaban J connectivity index is 0.00000108. The fourth-order valence-corrected chi connectivity index (χ4v) is 3.34. The van der Waals surface area contributed by atoms with E-state index >= 15 is 0 Å². The molecule has 1 saturated carbocycles. The van der Waals surface area contributed by atoms with E-state index in [0.717, 1.165) is 26.3 Å². The van der Waals surface area contributed by atoms with Gasteiger partial charge in [-0.05, 0) is 19.3 Å². The molecule has 0 aromatic carbocycles. The Morgan fingerprint density at radius 3 is 2.94 bits per heavy atom. The summed E-state index contributed by atoms with van der Waals surface area (Å²) in [7, 11) is 0. The first-order valence-electron chi connectivity index (χ1n) is 5.82. The molecule has 17 heavy (non-hydrogen) atoms. The van der Waals surface area contributed by atoms with E-state index in [1.165, 1.54) is 24.1 Å². The molecular formula is C11H18ClN3OS. The van der Waals surface area contributed by atoms with Crippen LogP contribution in [-0.2, 0) is 11.3 Å². The second-order valence-electron chi connectivity index (χ2n) is 4.72. The monoisotopic (exact) mass is 275 g/mol. The van der Waals surface area contributed by atoms with Crippen molar-refractivity contribution in [3.63, 3.8) is 0 Å². The first-order valence-corrected chi connectivity index (χ1v) is 6.63. The number of nitrogens with zero attached hydrogens (tertiary/aromatic N) is 2. The first-order chi connectivity index (χ1) is 7.78. The van der Waals surface area contributed by atoms with E-state index in [-0.39, 0.29) is 12.4 Å². The van der Waals surface area contributed by atoms with Crippen LogP contribution in [0.15, 0.2) is 6.20 Å². The average molecular weight is 276 g/mol. The van der Waals surface area contributed by atoms with Gasteiger partial charge in [-0.1, -0.05) is 0 Å². The molecule has 96 valence electrons. The smallest absolute Gasteiger partial charge is 0.180 e. The number of nitrogen functional groups attached to an aromatic ring is 1. The van der Waals surface area contributed by atoms with Gasteiger partial charge in [0.05, 0.1) is 13.2 Å². The highest BCUT2D eigenvalue weighted by molar-refractivity contribution is 7.15. The number of rotatable bonds is 2. The molecule has 1 saturated heterocycles. The Morgan fingerprint density at radius 2 is 2.35 bits per heavy atom. The summed E-state index contributed by atoms with van der Waals surface area (Å²) in [5.74, 6) is 0. The fraction of sp³-hybridized carbons (Fsp3) is 0.727. The molecule has 2 fully saturated rings. The van der Waals surface area contributed by atoms with Crippen molar-refractivity contribution in [3.05, 3.63) is 11.1 Å². The van der Waals surface area contributed by atoms with E-state index in [1.54, 1.807) is 11.3 Å². The number of hydrogen-bond donors (Lipinski definition) is 1. The van der Waals surface area contributed by atoms with Gasteiger partial charge in [0, 0.05) is 29.7 Å². The summed E-state index contributed by atoms with van der Waals surface area (Å²) in [5.41, 5.74) is 5.99. The van der Waals surface area contributed by atoms with E-state index in [9.17, 15) is 0 Å². The lowest BCUT2D eigenvalue weighted by Gasteiger charge is -2.52. The van der Waals surface area contributed by atoms with Gasteiger partial charge >= 0.3 is 0 Å². The van der Waals surface area contributed by atoms with Crippen LogP contribution in [0.5, 0.6) is 0 Å². The second kappa shape index (κ2) is 5.10. The van der Waals surface area contributed by atoms with Crippen LogP contribution < -0.4 is 5.73 Å². The van der Waals surface area contributed by atoms with Crippen LogP contribution in [0.4, 0.5) is 5.13 Å². The number of hydrogen-bond acceptors (Lipinski definition) is 5. The molecule has 0 radical (unpaired) electrons. The molecule has 3 rings (SSSR count). The number of thiazole rings is 1. The van der Waals surface area contributed by atoms with Crippen LogP contribution in [0.2, 0.25) is 0 Å². The zero-order valence-electron chi connectivity index (χ0n) is 9.72. The van der Waals surface area contributed by atoms with Crippen LogP contribution in [0, 0.1) is 0 Å². The SMILES string of the molecule is Cl.Nc1ncc(CN2CCOCC23CCC3)s1. The second-order valence-corrected chi connectivity index (χ2v) is 5.86. The van der Waals surface area contributed by atoms with Crippen molar-refractivity contribution in [2.24, 2.45) is 0 Å². The fourth-order valence-electron chi connectivity index (χ4n) is 2.64. The van der Waals surface area contributed by atoms with Gasteiger partial charge < -0.3 is 10.5 Å². The number of anilines is 1. The minimum absolute atomic E-state index is 0. The molecule has 0 unspecified atom stereocenters. The number of halogens is 1. The number of morpholine rings is 1. The van der Waals surface area contributed by atoms with Gasteiger partial charge in [-0.3, -0.25) is 4.90 Å². The summed E-state index contributed by atoms with van der Waals surface area (Å²) in [6.07, 6.45) is 5.80. The maximum atomic E-state index is 5.66. The molecule has 1 aromatic heterocycles. The van der Waals surface area contributed by atoms with Crippen molar-refractivity contribution in [1.82, 2.24) is 9.88 Å². The van der Waals surface area contributed by atoms with E-state index < -0.39 is 0 Å². The molecule has 1 aliphatic carbocycles. The molecule has 6 heteroatoms. The quantitative estimate of drug-likeness (QED) is 0.896. The zero-order chi connectivity index (χ0) is 11.0. The van der Waals surface area contributed by atoms with E-state index in [1.807, 2.05) is 6.20 Å². The molecule has 0 bridgehead atoms. The highest BCUT2D eigenvalue weighted by Gasteiger charge is 2.44. The van der Waals surface area contributed by atoms with Crippen molar-refractivity contribution in [2.45, 2.75) is 31.3 Å². The first kappa shape index (κ1) is 13.1. The summed E-state index contributed by atoms with van der Waals surface area (Å²) in [6.45, 7) is 3.79. The summed E-state index contributed by atoms with van der Waals surface area (Å²) in [5, 5.41) is 0.672. The lowest BCUT2D eigenvalue weighted by Crippen LogP contribution is -2.60. The molecule has 2 heterocycles. The molecule has 1 aliphatic heterocycles. The van der Waals surface area contributed by atoms with Crippen molar-refractivity contribution < 1.29 is 4.74 Å². The van der Waals surface area contributed by atoms with Gasteiger partial charge in [0.2, 0.25) is 0 Å². The summed E-state index contributed by atoms with van der Waals surface area (Å²) >= 11 is 1.60. The highest BCUT2D eigenvalue weighted by atomic mass is 35.5. The van der Waals surface area contributed by atoms with E-state index in [4.69, 9.17) is 10.5 Å². The number of aromatic nitrogens is 1. The third-order valence-electron chi connectivity index (χ3n) is 3.75. The van der Waals surface area contributed by atoms with Crippen LogP contribution in [-0.4, -0.2) is 35.2 Å². The average Bonchev–Trinajstić information content (AvgIpc) is 2.63. The zero-order valence-corrected chi connectivity index (χ0v) is 11.4. The third-order valence-corrected chi connectivity index (χ3v) is 4.56. The summed E-state index contributed by atoms with van der Waals surface area (Å²) in [6, 6.07) is 0. The van der Waals surface area contributed by atoms with Crippen molar-refractivity contribution in [2.75, 3.05) is 25.5 Å². The molecule has 2 N–H and O–H groups in total. The van der Waals surface area contributed by atoms with Crippen molar-refractivity contribution in [3.8, 4) is 0 Å². The molecule has 1 spiro atoms. The minimum atomic E-state index is 0. The Bertz CT molecular complexity index is 381. The maximum Gasteiger partial charge on any atom is 0.180 e. The molecular weight excluding hydrogens is 258 g/mol. The predicted octanol–water partition coefficient (Wildman–Crippen LogP) is 1.90. The summed E-state index contributed by atoms with van der Waals surface area (Å²) < 4.78 is 5.62. The Hall–Kier alpha value is -0.360. The molecule has 2 aliphatic rings. The molecule has 4 nitrogen and oxygen atoms in total. The van der Waals surface area contributed by atoms with Crippen molar-refractivity contribution >= 4 is 28.9 Å². The Labute approximate surface area is 112 Å². The van der Waals surface area contributed by atoms with Gasteiger partial charge in [0.25, 0.3) is 0 Å². The predicted molar refractivity (Wildman–Crippen MR) is 71.6 cm³/mol. The number of ether oxygens (including phenoxy) is 1.